The van der Waals surface area contributed by atoms with Crippen LogP contribution in [0.1, 0.15) is 31.4 Å². The van der Waals surface area contributed by atoms with Crippen molar-refractivity contribution in [1.82, 2.24) is 5.32 Å². The molecule has 0 unspecified atom stereocenters. The zero-order valence-corrected chi connectivity index (χ0v) is 15.6. The van der Waals surface area contributed by atoms with E-state index < -0.39 is 11.4 Å². The summed E-state index contributed by atoms with van der Waals surface area (Å²) >= 11 is 0. The molecule has 0 spiro atoms. The van der Waals surface area contributed by atoms with Gasteiger partial charge in [0.2, 0.25) is 0 Å². The molecule has 0 bridgehead atoms. The maximum Gasteiger partial charge on any atom is 0.309 e. The van der Waals surface area contributed by atoms with Crippen LogP contribution >= 0.6 is 0 Å². The van der Waals surface area contributed by atoms with Crippen molar-refractivity contribution < 1.29 is 19.4 Å². The van der Waals surface area contributed by atoms with Crippen LogP contribution in [0.3, 0.4) is 0 Å². The monoisotopic (exact) mass is 357 g/mol. The maximum atomic E-state index is 11.1. The van der Waals surface area contributed by atoms with Gasteiger partial charge in [-0.3, -0.25) is 4.79 Å². The molecular formula is C21H27NO4. The molecule has 5 heteroatoms. The average Bonchev–Trinajstić information content (AvgIpc) is 2.64. The molecule has 140 valence electrons. The van der Waals surface area contributed by atoms with E-state index in [9.17, 15) is 4.79 Å². The zero-order valence-electron chi connectivity index (χ0n) is 15.6. The molecule has 0 aromatic heterocycles. The molecule has 2 N–H and O–H groups in total. The van der Waals surface area contributed by atoms with Crippen LogP contribution in [-0.2, 0) is 17.9 Å². The summed E-state index contributed by atoms with van der Waals surface area (Å²) in [5.74, 6) is 0.610. The molecule has 0 aliphatic carbocycles. The topological polar surface area (TPSA) is 67.8 Å². The second-order valence-corrected chi connectivity index (χ2v) is 6.88. The first-order valence-electron chi connectivity index (χ1n) is 8.70. The molecular weight excluding hydrogens is 330 g/mol. The van der Waals surface area contributed by atoms with E-state index in [0.29, 0.717) is 37.6 Å². The van der Waals surface area contributed by atoms with Crippen molar-refractivity contribution in [2.75, 3.05) is 13.7 Å². The standard InChI is InChI=1S/C21H27NO4/c1-21(2,20(23)24)11-12-22-14-17-9-10-18(25-3)19(13-17)26-15-16-7-5-4-6-8-16/h4-10,13,22H,11-12,14-15H2,1-3H3,(H,23,24). The van der Waals surface area contributed by atoms with Crippen molar-refractivity contribution >= 4 is 5.97 Å². The Morgan fingerprint density at radius 3 is 2.46 bits per heavy atom. The number of carbonyl (C=O) groups is 1. The molecule has 2 aromatic carbocycles. The first-order valence-corrected chi connectivity index (χ1v) is 8.70. The molecule has 0 radical (unpaired) electrons. The number of aliphatic carboxylic acids is 1. The Morgan fingerprint density at radius 1 is 1.08 bits per heavy atom. The number of rotatable bonds is 10. The SMILES string of the molecule is COc1ccc(CNCCC(C)(C)C(=O)O)cc1OCc1ccccc1. The van der Waals surface area contributed by atoms with E-state index in [2.05, 4.69) is 5.32 Å². The molecule has 0 atom stereocenters. The number of methoxy groups -OCH3 is 1. The molecule has 0 saturated heterocycles. The van der Waals surface area contributed by atoms with Crippen molar-refractivity contribution in [3.63, 3.8) is 0 Å². The highest BCUT2D eigenvalue weighted by Gasteiger charge is 2.26. The minimum atomic E-state index is -0.777. The number of hydrogen-bond donors (Lipinski definition) is 2. The lowest BCUT2D eigenvalue weighted by Gasteiger charge is -2.19. The fourth-order valence-corrected chi connectivity index (χ4v) is 2.42. The van der Waals surface area contributed by atoms with Crippen LogP contribution in [0.4, 0.5) is 0 Å². The van der Waals surface area contributed by atoms with Gasteiger partial charge in [-0.2, -0.15) is 0 Å². The molecule has 0 aliphatic heterocycles. The van der Waals surface area contributed by atoms with Crippen LogP contribution in [0.2, 0.25) is 0 Å². The molecule has 5 nitrogen and oxygen atoms in total. The summed E-state index contributed by atoms with van der Waals surface area (Å²) in [6.07, 6.45) is 0.565. The summed E-state index contributed by atoms with van der Waals surface area (Å²) in [5.41, 5.74) is 1.42. The highest BCUT2D eigenvalue weighted by atomic mass is 16.5. The van der Waals surface area contributed by atoms with Crippen molar-refractivity contribution in [2.24, 2.45) is 5.41 Å². The van der Waals surface area contributed by atoms with Crippen molar-refractivity contribution in [1.29, 1.82) is 0 Å². The Hall–Kier alpha value is -2.53. The smallest absolute Gasteiger partial charge is 0.309 e. The summed E-state index contributed by atoms with van der Waals surface area (Å²) in [7, 11) is 1.62. The third-order valence-electron chi connectivity index (χ3n) is 4.30. The Kier molecular flexibility index (Phi) is 7.04. The molecule has 0 aliphatic rings. The second kappa shape index (κ2) is 9.25. The van der Waals surface area contributed by atoms with Crippen molar-refractivity contribution in [3.8, 4) is 11.5 Å². The molecule has 2 rings (SSSR count). The van der Waals surface area contributed by atoms with Crippen LogP contribution in [0.25, 0.3) is 0 Å². The number of benzene rings is 2. The lowest BCUT2D eigenvalue weighted by molar-refractivity contribution is -0.147. The lowest BCUT2D eigenvalue weighted by atomic mass is 9.90. The highest BCUT2D eigenvalue weighted by molar-refractivity contribution is 5.73. The normalized spacial score (nSPS) is 11.2. The van der Waals surface area contributed by atoms with E-state index in [1.165, 1.54) is 0 Å². The van der Waals surface area contributed by atoms with Gasteiger partial charge in [0.15, 0.2) is 11.5 Å². The van der Waals surface area contributed by atoms with Crippen LogP contribution in [0, 0.1) is 5.41 Å². The molecule has 2 aromatic rings. The van der Waals surface area contributed by atoms with Crippen LogP contribution in [0.15, 0.2) is 48.5 Å². The van der Waals surface area contributed by atoms with Crippen LogP contribution in [-0.4, -0.2) is 24.7 Å². The third kappa shape index (κ3) is 5.77. The Labute approximate surface area is 155 Å². The summed E-state index contributed by atoms with van der Waals surface area (Å²) in [5, 5.41) is 12.4. The van der Waals surface area contributed by atoms with Crippen molar-refractivity contribution in [3.05, 3.63) is 59.7 Å². The van der Waals surface area contributed by atoms with Crippen LogP contribution < -0.4 is 14.8 Å². The van der Waals surface area contributed by atoms with Gasteiger partial charge in [0, 0.05) is 6.54 Å². The van der Waals surface area contributed by atoms with E-state index >= 15 is 0 Å². The average molecular weight is 357 g/mol. The predicted molar refractivity (Wildman–Crippen MR) is 102 cm³/mol. The van der Waals surface area contributed by atoms with E-state index in [1.807, 2.05) is 48.5 Å². The van der Waals surface area contributed by atoms with E-state index in [4.69, 9.17) is 14.6 Å². The van der Waals surface area contributed by atoms with Gasteiger partial charge >= 0.3 is 5.97 Å². The molecule has 26 heavy (non-hydrogen) atoms. The van der Waals surface area contributed by atoms with E-state index in [-0.39, 0.29) is 0 Å². The fraction of sp³-hybridized carbons (Fsp3) is 0.381. The number of carboxylic acids is 1. The Bertz CT molecular complexity index is 713. The third-order valence-corrected chi connectivity index (χ3v) is 4.30. The van der Waals surface area contributed by atoms with Crippen molar-refractivity contribution in [2.45, 2.75) is 33.4 Å². The first-order chi connectivity index (χ1) is 12.4. The largest absolute Gasteiger partial charge is 0.493 e. The van der Waals surface area contributed by atoms with Gasteiger partial charge in [-0.15, -0.1) is 0 Å². The Balaban J connectivity index is 1.92. The quantitative estimate of drug-likeness (QED) is 0.632. The predicted octanol–water partition coefficient (Wildman–Crippen LogP) is 3.86. The fourth-order valence-electron chi connectivity index (χ4n) is 2.42. The highest BCUT2D eigenvalue weighted by Crippen LogP contribution is 2.29. The number of carboxylic acid groups (broad SMARTS) is 1. The van der Waals surface area contributed by atoms with Crippen LogP contribution in [0.5, 0.6) is 11.5 Å². The van der Waals surface area contributed by atoms with Gasteiger partial charge in [-0.1, -0.05) is 36.4 Å². The molecule has 0 saturated carbocycles. The maximum absolute atomic E-state index is 11.1. The molecule has 0 heterocycles. The van der Waals surface area contributed by atoms with Gasteiger partial charge in [0.25, 0.3) is 0 Å². The van der Waals surface area contributed by atoms with Gasteiger partial charge in [-0.05, 0) is 50.1 Å². The summed E-state index contributed by atoms with van der Waals surface area (Å²) in [6, 6.07) is 15.8. The van der Waals surface area contributed by atoms with Gasteiger partial charge in [-0.25, -0.2) is 0 Å². The number of nitrogens with one attached hydrogen (secondary N) is 1. The summed E-state index contributed by atoms with van der Waals surface area (Å²) in [6.45, 7) is 5.22. The minimum absolute atomic E-state index is 0.473. The lowest BCUT2D eigenvalue weighted by Crippen LogP contribution is -2.28. The van der Waals surface area contributed by atoms with E-state index in [0.717, 1.165) is 11.1 Å². The van der Waals surface area contributed by atoms with Gasteiger partial charge < -0.3 is 19.9 Å². The Morgan fingerprint density at radius 2 is 1.81 bits per heavy atom. The minimum Gasteiger partial charge on any atom is -0.493 e. The van der Waals surface area contributed by atoms with Gasteiger partial charge in [0.05, 0.1) is 12.5 Å². The number of hydrogen-bond acceptors (Lipinski definition) is 4. The zero-order chi connectivity index (χ0) is 19.0. The summed E-state index contributed by atoms with van der Waals surface area (Å²) in [4.78, 5) is 11.1. The van der Waals surface area contributed by atoms with Gasteiger partial charge in [0.1, 0.15) is 6.61 Å². The second-order valence-electron chi connectivity index (χ2n) is 6.88. The molecule has 0 amide bonds. The van der Waals surface area contributed by atoms with E-state index in [1.54, 1.807) is 21.0 Å². The molecule has 0 fully saturated rings. The summed E-state index contributed by atoms with van der Waals surface area (Å²) < 4.78 is 11.3. The number of ether oxygens (including phenoxy) is 2. The first kappa shape index (κ1) is 19.8.